The molecule has 0 amide bonds. The lowest BCUT2D eigenvalue weighted by atomic mass is 9.98. The van der Waals surface area contributed by atoms with E-state index < -0.39 is 11.9 Å². The van der Waals surface area contributed by atoms with Crippen LogP contribution in [0.4, 0.5) is 0 Å². The number of carbonyl (C=O) groups excluding carboxylic acids is 1. The predicted octanol–water partition coefficient (Wildman–Crippen LogP) is 3.14. The highest BCUT2D eigenvalue weighted by molar-refractivity contribution is 6.01. The highest BCUT2D eigenvalue weighted by Gasteiger charge is 2.17. The zero-order valence-electron chi connectivity index (χ0n) is 11.4. The Labute approximate surface area is 117 Å². The third-order valence-electron chi connectivity index (χ3n) is 3.28. The highest BCUT2D eigenvalue weighted by Crippen LogP contribution is 2.23. The quantitative estimate of drug-likeness (QED) is 0.849. The minimum atomic E-state index is -0.955. The summed E-state index contributed by atoms with van der Waals surface area (Å²) in [5.41, 5.74) is 0.538. The molecule has 0 saturated heterocycles. The second-order valence-corrected chi connectivity index (χ2v) is 4.79. The lowest BCUT2D eigenvalue weighted by molar-refractivity contribution is -0.141. The summed E-state index contributed by atoms with van der Waals surface area (Å²) in [7, 11) is 1.60. The molecule has 1 atom stereocenters. The van der Waals surface area contributed by atoms with Gasteiger partial charge in [0.1, 0.15) is 5.75 Å². The molecule has 0 saturated carbocycles. The number of ether oxygens (including phenoxy) is 1. The first kappa shape index (κ1) is 14.1. The van der Waals surface area contributed by atoms with Gasteiger partial charge in [0.2, 0.25) is 0 Å². The molecular formula is C16H16O4. The molecule has 20 heavy (non-hydrogen) atoms. The van der Waals surface area contributed by atoms with Crippen LogP contribution in [-0.2, 0) is 4.79 Å². The number of methoxy groups -OCH3 is 1. The zero-order valence-corrected chi connectivity index (χ0v) is 11.4. The monoisotopic (exact) mass is 272 g/mol. The number of ketones is 1. The van der Waals surface area contributed by atoms with Crippen LogP contribution >= 0.6 is 0 Å². The van der Waals surface area contributed by atoms with E-state index in [4.69, 9.17) is 9.84 Å². The molecule has 0 bridgehead atoms. The van der Waals surface area contributed by atoms with E-state index in [-0.39, 0.29) is 12.2 Å². The zero-order chi connectivity index (χ0) is 14.7. The maximum atomic E-state index is 12.0. The molecule has 2 aromatic rings. The second-order valence-electron chi connectivity index (χ2n) is 4.79. The molecule has 1 unspecified atom stereocenters. The Balaban J connectivity index is 2.27. The molecule has 0 heterocycles. The highest BCUT2D eigenvalue weighted by atomic mass is 16.5. The van der Waals surface area contributed by atoms with Crippen LogP contribution in [-0.4, -0.2) is 24.0 Å². The molecule has 4 heteroatoms. The first-order valence-electron chi connectivity index (χ1n) is 6.35. The minimum absolute atomic E-state index is 0.0109. The van der Waals surface area contributed by atoms with Gasteiger partial charge in [-0.2, -0.15) is 0 Å². The van der Waals surface area contributed by atoms with Crippen molar-refractivity contribution in [1.29, 1.82) is 0 Å². The van der Waals surface area contributed by atoms with Crippen molar-refractivity contribution in [2.45, 2.75) is 13.3 Å². The van der Waals surface area contributed by atoms with Gasteiger partial charge in [0.15, 0.2) is 5.78 Å². The summed E-state index contributed by atoms with van der Waals surface area (Å²) in [6.07, 6.45) is 0.0109. The van der Waals surface area contributed by atoms with Crippen LogP contribution in [0.3, 0.4) is 0 Å². The Hall–Kier alpha value is -2.36. The van der Waals surface area contributed by atoms with Crippen LogP contribution in [0.15, 0.2) is 36.4 Å². The van der Waals surface area contributed by atoms with Gasteiger partial charge in [-0.15, -0.1) is 0 Å². The Morgan fingerprint density at radius 3 is 2.45 bits per heavy atom. The number of aliphatic carboxylic acids is 1. The van der Waals surface area contributed by atoms with Gasteiger partial charge in [0.25, 0.3) is 0 Å². The minimum Gasteiger partial charge on any atom is -0.497 e. The molecule has 0 aromatic heterocycles. The number of carboxylic acids is 1. The van der Waals surface area contributed by atoms with E-state index in [2.05, 4.69) is 0 Å². The Bertz CT molecular complexity index is 661. The largest absolute Gasteiger partial charge is 0.497 e. The summed E-state index contributed by atoms with van der Waals surface area (Å²) < 4.78 is 5.15. The van der Waals surface area contributed by atoms with Crippen molar-refractivity contribution < 1.29 is 19.4 Å². The van der Waals surface area contributed by atoms with E-state index in [1.54, 1.807) is 19.2 Å². The summed E-state index contributed by atoms with van der Waals surface area (Å²) in [5, 5.41) is 10.8. The SMILES string of the molecule is COc1ccc2cc(C(=O)CC(C)C(=O)O)ccc2c1. The molecule has 0 radical (unpaired) electrons. The third-order valence-corrected chi connectivity index (χ3v) is 3.28. The molecular weight excluding hydrogens is 256 g/mol. The fourth-order valence-corrected chi connectivity index (χ4v) is 2.01. The standard InChI is InChI=1S/C16H16O4/c1-10(16(18)19)7-15(17)13-4-3-12-9-14(20-2)6-5-11(12)8-13/h3-6,8-10H,7H2,1-2H3,(H,18,19). The Morgan fingerprint density at radius 2 is 1.80 bits per heavy atom. The van der Waals surface area contributed by atoms with Crippen molar-refractivity contribution >= 4 is 22.5 Å². The number of hydrogen-bond donors (Lipinski definition) is 1. The van der Waals surface area contributed by atoms with Gasteiger partial charge in [-0.05, 0) is 29.0 Å². The normalized spacial score (nSPS) is 12.1. The van der Waals surface area contributed by atoms with Gasteiger partial charge in [-0.25, -0.2) is 0 Å². The molecule has 0 spiro atoms. The molecule has 0 aliphatic carbocycles. The summed E-state index contributed by atoms with van der Waals surface area (Å²) in [6, 6.07) is 11.0. The number of rotatable bonds is 5. The number of Topliss-reactive ketones (excluding diaryl/α,β-unsaturated/α-hetero) is 1. The van der Waals surface area contributed by atoms with E-state index in [9.17, 15) is 9.59 Å². The summed E-state index contributed by atoms with van der Waals surface area (Å²) in [4.78, 5) is 22.8. The van der Waals surface area contributed by atoms with Crippen LogP contribution in [0.5, 0.6) is 5.75 Å². The van der Waals surface area contributed by atoms with Crippen LogP contribution in [0.2, 0.25) is 0 Å². The lowest BCUT2D eigenvalue weighted by Crippen LogP contribution is -2.14. The number of carbonyl (C=O) groups is 2. The number of benzene rings is 2. The van der Waals surface area contributed by atoms with Crippen LogP contribution in [0, 0.1) is 5.92 Å². The Morgan fingerprint density at radius 1 is 1.15 bits per heavy atom. The summed E-state index contributed by atoms with van der Waals surface area (Å²) in [6.45, 7) is 1.53. The average molecular weight is 272 g/mol. The molecule has 2 aromatic carbocycles. The van der Waals surface area contributed by atoms with Crippen molar-refractivity contribution in [3.63, 3.8) is 0 Å². The maximum absolute atomic E-state index is 12.0. The van der Waals surface area contributed by atoms with Crippen molar-refractivity contribution in [2.75, 3.05) is 7.11 Å². The molecule has 2 rings (SSSR count). The molecule has 1 N–H and O–H groups in total. The van der Waals surface area contributed by atoms with E-state index in [1.807, 2.05) is 24.3 Å². The van der Waals surface area contributed by atoms with Gasteiger partial charge in [0.05, 0.1) is 13.0 Å². The van der Waals surface area contributed by atoms with Gasteiger partial charge in [-0.1, -0.05) is 25.1 Å². The number of fused-ring (bicyclic) bond motifs is 1. The fraction of sp³-hybridized carbons (Fsp3) is 0.250. The Kier molecular flexibility index (Phi) is 4.03. The van der Waals surface area contributed by atoms with Gasteiger partial charge < -0.3 is 9.84 Å². The first-order valence-corrected chi connectivity index (χ1v) is 6.35. The van der Waals surface area contributed by atoms with Crippen molar-refractivity contribution in [3.8, 4) is 5.75 Å². The van der Waals surface area contributed by atoms with Gasteiger partial charge in [-0.3, -0.25) is 9.59 Å². The molecule has 0 fully saturated rings. The van der Waals surface area contributed by atoms with E-state index in [0.29, 0.717) is 5.56 Å². The van der Waals surface area contributed by atoms with Crippen molar-refractivity contribution in [1.82, 2.24) is 0 Å². The molecule has 0 aliphatic rings. The van der Waals surface area contributed by atoms with E-state index in [0.717, 1.165) is 16.5 Å². The summed E-state index contributed by atoms with van der Waals surface area (Å²) in [5.74, 6) is -1.02. The van der Waals surface area contributed by atoms with Crippen LogP contribution < -0.4 is 4.74 Å². The average Bonchev–Trinajstić information content (AvgIpc) is 2.45. The van der Waals surface area contributed by atoms with Crippen LogP contribution in [0.1, 0.15) is 23.7 Å². The van der Waals surface area contributed by atoms with E-state index >= 15 is 0 Å². The number of carboxylic acid groups (broad SMARTS) is 1. The molecule has 4 nitrogen and oxygen atoms in total. The third kappa shape index (κ3) is 2.96. The smallest absolute Gasteiger partial charge is 0.306 e. The predicted molar refractivity (Wildman–Crippen MR) is 76.2 cm³/mol. The maximum Gasteiger partial charge on any atom is 0.306 e. The fourth-order valence-electron chi connectivity index (χ4n) is 2.01. The van der Waals surface area contributed by atoms with E-state index in [1.165, 1.54) is 6.92 Å². The summed E-state index contributed by atoms with van der Waals surface area (Å²) >= 11 is 0. The lowest BCUT2D eigenvalue weighted by Gasteiger charge is -2.07. The van der Waals surface area contributed by atoms with Crippen molar-refractivity contribution in [3.05, 3.63) is 42.0 Å². The van der Waals surface area contributed by atoms with Gasteiger partial charge in [0, 0.05) is 12.0 Å². The van der Waals surface area contributed by atoms with Crippen LogP contribution in [0.25, 0.3) is 10.8 Å². The number of hydrogen-bond acceptors (Lipinski definition) is 3. The van der Waals surface area contributed by atoms with Gasteiger partial charge >= 0.3 is 5.97 Å². The molecule has 104 valence electrons. The molecule has 0 aliphatic heterocycles. The second kappa shape index (κ2) is 5.74. The first-order chi connectivity index (χ1) is 9.51. The topological polar surface area (TPSA) is 63.6 Å². The van der Waals surface area contributed by atoms with Crippen molar-refractivity contribution in [2.24, 2.45) is 5.92 Å².